The van der Waals surface area contributed by atoms with Crippen LogP contribution in [0.25, 0.3) is 0 Å². The van der Waals surface area contributed by atoms with E-state index < -0.39 is 0 Å². The van der Waals surface area contributed by atoms with Crippen molar-refractivity contribution in [1.29, 1.82) is 0 Å². The highest BCUT2D eigenvalue weighted by Crippen LogP contribution is 2.28. The zero-order valence-corrected chi connectivity index (χ0v) is 12.6. The Hall–Kier alpha value is -0.320. The topological polar surface area (TPSA) is 38.5 Å². The lowest BCUT2D eigenvalue weighted by molar-refractivity contribution is 0.0612. The van der Waals surface area contributed by atoms with Crippen LogP contribution < -0.4 is 5.73 Å². The molecule has 1 aliphatic heterocycles. The van der Waals surface area contributed by atoms with Gasteiger partial charge in [0.05, 0.1) is 16.1 Å². The fourth-order valence-corrected chi connectivity index (χ4v) is 2.83. The van der Waals surface area contributed by atoms with Crippen LogP contribution in [0, 0.1) is 0 Å². The van der Waals surface area contributed by atoms with Crippen molar-refractivity contribution < 1.29 is 4.74 Å². The monoisotopic (exact) mass is 302 g/mol. The van der Waals surface area contributed by atoms with E-state index in [4.69, 9.17) is 33.7 Å². The SMILES string of the molecule is CC1CN(C(CN)c2ccc(Cl)c(Cl)c2)CCCO1. The Labute approximate surface area is 124 Å². The summed E-state index contributed by atoms with van der Waals surface area (Å²) >= 11 is 12.1. The molecule has 1 fully saturated rings. The molecule has 19 heavy (non-hydrogen) atoms. The van der Waals surface area contributed by atoms with Crippen LogP contribution in [-0.2, 0) is 4.74 Å². The molecule has 3 nitrogen and oxygen atoms in total. The minimum atomic E-state index is 0.166. The Morgan fingerprint density at radius 3 is 2.89 bits per heavy atom. The van der Waals surface area contributed by atoms with Crippen molar-refractivity contribution in [2.75, 3.05) is 26.2 Å². The fraction of sp³-hybridized carbons (Fsp3) is 0.571. The molecule has 0 spiro atoms. The van der Waals surface area contributed by atoms with Gasteiger partial charge in [0.15, 0.2) is 0 Å². The van der Waals surface area contributed by atoms with Crippen molar-refractivity contribution >= 4 is 23.2 Å². The lowest BCUT2D eigenvalue weighted by atomic mass is 10.0. The standard InChI is InChI=1S/C14H20Cl2N2O/c1-10-9-18(5-2-6-19-10)14(8-17)11-3-4-12(15)13(16)7-11/h3-4,7,10,14H,2,5-6,8-9,17H2,1H3. The van der Waals surface area contributed by atoms with Gasteiger partial charge in [0.2, 0.25) is 0 Å². The molecule has 106 valence electrons. The van der Waals surface area contributed by atoms with Gasteiger partial charge in [-0.1, -0.05) is 29.3 Å². The maximum atomic E-state index is 6.10. The minimum Gasteiger partial charge on any atom is -0.377 e. The highest BCUT2D eigenvalue weighted by atomic mass is 35.5. The molecule has 1 aromatic carbocycles. The first kappa shape index (κ1) is 15.1. The molecule has 1 aromatic rings. The van der Waals surface area contributed by atoms with Crippen LogP contribution >= 0.6 is 23.2 Å². The number of rotatable bonds is 3. The molecular formula is C14H20Cl2N2O. The predicted octanol–water partition coefficient (Wildman–Crippen LogP) is 3.10. The van der Waals surface area contributed by atoms with Gasteiger partial charge in [0.25, 0.3) is 0 Å². The Morgan fingerprint density at radius 1 is 1.42 bits per heavy atom. The number of hydrogen-bond donors (Lipinski definition) is 1. The summed E-state index contributed by atoms with van der Waals surface area (Å²) < 4.78 is 5.68. The first-order valence-electron chi connectivity index (χ1n) is 6.62. The average Bonchev–Trinajstić information content (AvgIpc) is 2.59. The average molecular weight is 303 g/mol. The summed E-state index contributed by atoms with van der Waals surface area (Å²) in [6.07, 6.45) is 1.27. The normalized spacial score (nSPS) is 23.1. The van der Waals surface area contributed by atoms with Gasteiger partial charge in [-0.25, -0.2) is 0 Å². The molecule has 2 rings (SSSR count). The van der Waals surface area contributed by atoms with Crippen molar-refractivity contribution in [3.05, 3.63) is 33.8 Å². The molecule has 0 aliphatic carbocycles. The van der Waals surface area contributed by atoms with Gasteiger partial charge < -0.3 is 10.5 Å². The van der Waals surface area contributed by atoms with E-state index in [2.05, 4.69) is 11.8 Å². The zero-order valence-electron chi connectivity index (χ0n) is 11.1. The van der Waals surface area contributed by atoms with E-state index in [1.165, 1.54) is 0 Å². The van der Waals surface area contributed by atoms with E-state index in [9.17, 15) is 0 Å². The molecule has 2 unspecified atom stereocenters. The molecule has 1 aliphatic rings. The molecule has 0 bridgehead atoms. The number of nitrogens with zero attached hydrogens (tertiary/aromatic N) is 1. The summed E-state index contributed by atoms with van der Waals surface area (Å²) in [4.78, 5) is 2.37. The summed E-state index contributed by atoms with van der Waals surface area (Å²) in [6, 6.07) is 5.92. The molecule has 2 atom stereocenters. The fourth-order valence-electron chi connectivity index (χ4n) is 2.53. The van der Waals surface area contributed by atoms with Crippen molar-refractivity contribution in [2.24, 2.45) is 5.73 Å². The van der Waals surface area contributed by atoms with Crippen molar-refractivity contribution in [3.63, 3.8) is 0 Å². The first-order chi connectivity index (χ1) is 9.11. The zero-order chi connectivity index (χ0) is 13.8. The third kappa shape index (κ3) is 3.83. The van der Waals surface area contributed by atoms with E-state index in [0.29, 0.717) is 16.6 Å². The summed E-state index contributed by atoms with van der Waals surface area (Å²) in [5.41, 5.74) is 7.08. The van der Waals surface area contributed by atoms with Crippen LogP contribution in [-0.4, -0.2) is 37.2 Å². The summed E-state index contributed by atoms with van der Waals surface area (Å²) in [6.45, 7) is 5.36. The van der Waals surface area contributed by atoms with Crippen LogP contribution in [0.15, 0.2) is 18.2 Å². The molecule has 1 heterocycles. The van der Waals surface area contributed by atoms with Gasteiger partial charge in [-0.2, -0.15) is 0 Å². The van der Waals surface area contributed by atoms with Crippen LogP contribution in [0.5, 0.6) is 0 Å². The van der Waals surface area contributed by atoms with Gasteiger partial charge in [-0.05, 0) is 31.0 Å². The number of nitrogens with two attached hydrogens (primary N) is 1. The Bertz CT molecular complexity index is 428. The van der Waals surface area contributed by atoms with Crippen LogP contribution in [0.1, 0.15) is 24.9 Å². The second kappa shape index (κ2) is 6.91. The van der Waals surface area contributed by atoms with Gasteiger partial charge in [-0.3, -0.25) is 4.90 Å². The maximum absolute atomic E-state index is 6.10. The van der Waals surface area contributed by atoms with Gasteiger partial charge >= 0.3 is 0 Å². The molecule has 0 radical (unpaired) electrons. The van der Waals surface area contributed by atoms with Crippen LogP contribution in [0.4, 0.5) is 0 Å². The van der Waals surface area contributed by atoms with Gasteiger partial charge in [0, 0.05) is 32.3 Å². The van der Waals surface area contributed by atoms with Crippen molar-refractivity contribution in [3.8, 4) is 0 Å². The van der Waals surface area contributed by atoms with E-state index >= 15 is 0 Å². The molecule has 0 amide bonds. The molecule has 0 saturated carbocycles. The second-order valence-electron chi connectivity index (χ2n) is 4.95. The van der Waals surface area contributed by atoms with E-state index in [0.717, 1.165) is 31.7 Å². The summed E-state index contributed by atoms with van der Waals surface area (Å²) in [5.74, 6) is 0. The largest absolute Gasteiger partial charge is 0.377 e. The smallest absolute Gasteiger partial charge is 0.0674 e. The number of halogens is 2. The molecule has 2 N–H and O–H groups in total. The lowest BCUT2D eigenvalue weighted by Gasteiger charge is -2.31. The van der Waals surface area contributed by atoms with Crippen LogP contribution in [0.2, 0.25) is 10.0 Å². The summed E-state index contributed by atoms with van der Waals surface area (Å²) in [5, 5.41) is 1.16. The van der Waals surface area contributed by atoms with Crippen molar-refractivity contribution in [1.82, 2.24) is 4.90 Å². The molecular weight excluding hydrogens is 283 g/mol. The summed E-state index contributed by atoms with van der Waals surface area (Å²) in [7, 11) is 0. The molecule has 5 heteroatoms. The second-order valence-corrected chi connectivity index (χ2v) is 5.77. The number of ether oxygens (including phenoxy) is 1. The Balaban J connectivity index is 2.20. The predicted molar refractivity (Wildman–Crippen MR) is 79.9 cm³/mol. The lowest BCUT2D eigenvalue weighted by Crippen LogP contribution is -2.37. The third-order valence-corrected chi connectivity index (χ3v) is 4.22. The van der Waals surface area contributed by atoms with Crippen molar-refractivity contribution in [2.45, 2.75) is 25.5 Å². The Morgan fingerprint density at radius 2 is 2.21 bits per heavy atom. The first-order valence-corrected chi connectivity index (χ1v) is 7.38. The highest BCUT2D eigenvalue weighted by Gasteiger charge is 2.23. The number of hydrogen-bond acceptors (Lipinski definition) is 3. The molecule has 1 saturated heterocycles. The van der Waals surface area contributed by atoms with E-state index in [1.54, 1.807) is 0 Å². The number of benzene rings is 1. The van der Waals surface area contributed by atoms with Crippen LogP contribution in [0.3, 0.4) is 0 Å². The quantitative estimate of drug-likeness (QED) is 0.932. The third-order valence-electron chi connectivity index (χ3n) is 3.48. The Kier molecular flexibility index (Phi) is 5.48. The van der Waals surface area contributed by atoms with Gasteiger partial charge in [0.1, 0.15) is 0 Å². The maximum Gasteiger partial charge on any atom is 0.0674 e. The van der Waals surface area contributed by atoms with E-state index in [1.807, 2.05) is 18.2 Å². The van der Waals surface area contributed by atoms with E-state index in [-0.39, 0.29) is 12.1 Å². The highest BCUT2D eigenvalue weighted by molar-refractivity contribution is 6.42. The van der Waals surface area contributed by atoms with Gasteiger partial charge in [-0.15, -0.1) is 0 Å². The molecule has 0 aromatic heterocycles. The minimum absolute atomic E-state index is 0.166.